The van der Waals surface area contributed by atoms with E-state index in [-0.39, 0.29) is 0 Å². The lowest BCUT2D eigenvalue weighted by molar-refractivity contribution is -0.0420. The van der Waals surface area contributed by atoms with Crippen molar-refractivity contribution in [3.05, 3.63) is 59.8 Å². The van der Waals surface area contributed by atoms with Gasteiger partial charge in [-0.2, -0.15) is 0 Å². The largest absolute Gasteiger partial charge is 0.378 e. The summed E-state index contributed by atoms with van der Waals surface area (Å²) < 4.78 is 6.04. The van der Waals surface area contributed by atoms with Gasteiger partial charge in [0, 0.05) is 18.7 Å². The van der Waals surface area contributed by atoms with Crippen molar-refractivity contribution in [1.82, 2.24) is 4.90 Å². The Labute approximate surface area is 114 Å². The summed E-state index contributed by atoms with van der Waals surface area (Å²) in [5.74, 6) is 0.474. The molecule has 5 rings (SSSR count). The van der Waals surface area contributed by atoms with E-state index < -0.39 is 0 Å². The molecule has 1 saturated heterocycles. The van der Waals surface area contributed by atoms with Crippen molar-refractivity contribution in [2.24, 2.45) is 0 Å². The van der Waals surface area contributed by atoms with Gasteiger partial charge in [-0.1, -0.05) is 36.4 Å². The summed E-state index contributed by atoms with van der Waals surface area (Å²) in [7, 11) is 0. The van der Waals surface area contributed by atoms with Crippen LogP contribution in [-0.2, 0) is 4.74 Å². The van der Waals surface area contributed by atoms with E-state index in [0.29, 0.717) is 24.1 Å². The van der Waals surface area contributed by atoms with Crippen LogP contribution >= 0.6 is 0 Å². The molecule has 0 radical (unpaired) electrons. The molecule has 4 atom stereocenters. The fraction of sp³-hybridized carbons (Fsp3) is 0.412. The van der Waals surface area contributed by atoms with Crippen molar-refractivity contribution in [3.8, 4) is 0 Å². The molecular formula is C17H19NO. The number of piperidine rings is 1. The molecule has 2 nitrogen and oxygen atoms in total. The maximum Gasteiger partial charge on any atom is 0.0689 e. The van der Waals surface area contributed by atoms with E-state index in [2.05, 4.69) is 60.5 Å². The Hall–Kier alpha value is -1.54. The number of rotatable bonds is 2. The lowest BCUT2D eigenvalue weighted by Crippen LogP contribution is -2.53. The lowest BCUT2D eigenvalue weighted by atomic mass is 9.68. The third-order valence-corrected chi connectivity index (χ3v) is 4.70. The summed E-state index contributed by atoms with van der Waals surface area (Å²) in [4.78, 5) is 2.52. The van der Waals surface area contributed by atoms with Crippen LogP contribution in [0.3, 0.4) is 0 Å². The van der Waals surface area contributed by atoms with Crippen molar-refractivity contribution in [3.63, 3.8) is 0 Å². The van der Waals surface area contributed by atoms with Gasteiger partial charge in [0.1, 0.15) is 0 Å². The highest BCUT2D eigenvalue weighted by atomic mass is 16.5. The minimum absolute atomic E-state index is 0.363. The summed E-state index contributed by atoms with van der Waals surface area (Å²) in [5.41, 5.74) is 3.00. The van der Waals surface area contributed by atoms with Gasteiger partial charge in [-0.25, -0.2) is 0 Å². The SMILES string of the molecule is CCOC1CC2c3ccccc3C1C1C=CC=CN21. The first-order valence-electron chi connectivity index (χ1n) is 7.23. The number of benzene rings is 1. The molecule has 1 aromatic carbocycles. The molecule has 4 aliphatic rings. The molecule has 0 saturated carbocycles. The van der Waals surface area contributed by atoms with E-state index in [4.69, 9.17) is 4.74 Å². The van der Waals surface area contributed by atoms with Crippen molar-refractivity contribution in [1.29, 1.82) is 0 Å². The molecule has 0 aromatic heterocycles. The third-order valence-electron chi connectivity index (χ3n) is 4.70. The molecule has 1 fully saturated rings. The summed E-state index contributed by atoms with van der Waals surface area (Å²) in [6.07, 6.45) is 10.4. The number of fused-ring (bicyclic) bond motifs is 1. The van der Waals surface area contributed by atoms with E-state index in [1.165, 1.54) is 11.1 Å². The first-order chi connectivity index (χ1) is 9.40. The van der Waals surface area contributed by atoms with Gasteiger partial charge in [0.2, 0.25) is 0 Å². The monoisotopic (exact) mass is 253 g/mol. The third kappa shape index (κ3) is 1.53. The minimum Gasteiger partial charge on any atom is -0.378 e. The number of allylic oxidation sites excluding steroid dienone is 2. The quantitative estimate of drug-likeness (QED) is 0.801. The second kappa shape index (κ2) is 4.24. The number of nitrogens with zero attached hydrogens (tertiary/aromatic N) is 1. The summed E-state index contributed by atoms with van der Waals surface area (Å²) in [6.45, 7) is 2.91. The first kappa shape index (κ1) is 11.3. The van der Waals surface area contributed by atoms with Gasteiger partial charge in [-0.15, -0.1) is 0 Å². The van der Waals surface area contributed by atoms with Crippen LogP contribution in [0.1, 0.15) is 36.4 Å². The molecule has 0 spiro atoms. The highest BCUT2D eigenvalue weighted by Gasteiger charge is 2.48. The Morgan fingerprint density at radius 1 is 1.21 bits per heavy atom. The van der Waals surface area contributed by atoms with Crippen LogP contribution in [-0.4, -0.2) is 23.7 Å². The maximum atomic E-state index is 6.04. The average molecular weight is 253 g/mol. The molecule has 19 heavy (non-hydrogen) atoms. The van der Waals surface area contributed by atoms with Crippen LogP contribution < -0.4 is 0 Å². The van der Waals surface area contributed by atoms with Gasteiger partial charge in [0.25, 0.3) is 0 Å². The zero-order valence-corrected chi connectivity index (χ0v) is 11.2. The summed E-state index contributed by atoms with van der Waals surface area (Å²) in [6, 6.07) is 9.85. The predicted molar refractivity (Wildman–Crippen MR) is 75.9 cm³/mol. The van der Waals surface area contributed by atoms with E-state index in [1.807, 2.05) is 0 Å². The standard InChI is InChI=1S/C17H19NO/c1-2-19-16-11-15-12-7-3-4-8-13(12)17(16)14-9-5-6-10-18(14)15/h3-10,14-17H,2,11H2,1H3. The predicted octanol–water partition coefficient (Wildman–Crippen LogP) is 3.39. The Morgan fingerprint density at radius 2 is 2.05 bits per heavy atom. The van der Waals surface area contributed by atoms with Crippen LogP contribution in [0.2, 0.25) is 0 Å². The first-order valence-corrected chi connectivity index (χ1v) is 7.23. The minimum atomic E-state index is 0.363. The maximum absolute atomic E-state index is 6.04. The van der Waals surface area contributed by atoms with E-state index in [9.17, 15) is 0 Å². The van der Waals surface area contributed by atoms with Crippen LogP contribution in [0.5, 0.6) is 0 Å². The molecule has 4 unspecified atom stereocenters. The number of ether oxygens (including phenoxy) is 1. The summed E-state index contributed by atoms with van der Waals surface area (Å²) in [5, 5.41) is 0. The average Bonchev–Trinajstić information content (AvgIpc) is 2.48. The molecular weight excluding hydrogens is 234 g/mol. The molecule has 3 heterocycles. The van der Waals surface area contributed by atoms with Crippen LogP contribution in [0.4, 0.5) is 0 Å². The van der Waals surface area contributed by atoms with Crippen LogP contribution in [0.15, 0.2) is 48.7 Å². The van der Waals surface area contributed by atoms with E-state index in [1.54, 1.807) is 0 Å². The molecule has 2 bridgehead atoms. The second-order valence-electron chi connectivity index (χ2n) is 5.56. The van der Waals surface area contributed by atoms with E-state index >= 15 is 0 Å². The van der Waals surface area contributed by atoms with Crippen molar-refractivity contribution in [2.75, 3.05) is 6.61 Å². The Bertz CT molecular complexity index is 548. The number of hydrogen-bond donors (Lipinski definition) is 0. The smallest absolute Gasteiger partial charge is 0.0689 e. The molecule has 3 aliphatic heterocycles. The molecule has 0 N–H and O–H groups in total. The fourth-order valence-corrected chi connectivity index (χ4v) is 4.03. The van der Waals surface area contributed by atoms with Gasteiger partial charge in [-0.3, -0.25) is 0 Å². The molecule has 98 valence electrons. The van der Waals surface area contributed by atoms with Gasteiger partial charge in [-0.05, 0) is 30.5 Å². The van der Waals surface area contributed by atoms with Gasteiger partial charge >= 0.3 is 0 Å². The van der Waals surface area contributed by atoms with Gasteiger partial charge in [0.15, 0.2) is 0 Å². The number of hydrogen-bond acceptors (Lipinski definition) is 2. The van der Waals surface area contributed by atoms with Crippen LogP contribution in [0, 0.1) is 0 Å². The van der Waals surface area contributed by atoms with Gasteiger partial charge < -0.3 is 9.64 Å². The zero-order chi connectivity index (χ0) is 12.8. The second-order valence-corrected chi connectivity index (χ2v) is 5.56. The Kier molecular flexibility index (Phi) is 2.52. The fourth-order valence-electron chi connectivity index (χ4n) is 4.03. The molecule has 2 heteroatoms. The highest BCUT2D eigenvalue weighted by Crippen LogP contribution is 2.52. The topological polar surface area (TPSA) is 12.5 Å². The van der Waals surface area contributed by atoms with Gasteiger partial charge in [0.05, 0.1) is 18.2 Å². The van der Waals surface area contributed by atoms with Crippen LogP contribution in [0.25, 0.3) is 0 Å². The summed E-state index contributed by atoms with van der Waals surface area (Å²) >= 11 is 0. The normalized spacial score (nSPS) is 34.3. The Morgan fingerprint density at radius 3 is 2.89 bits per heavy atom. The van der Waals surface area contributed by atoms with Crippen molar-refractivity contribution >= 4 is 0 Å². The Balaban J connectivity index is 1.84. The highest BCUT2D eigenvalue weighted by molar-refractivity contribution is 5.44. The van der Waals surface area contributed by atoms with E-state index in [0.717, 1.165) is 13.0 Å². The lowest BCUT2D eigenvalue weighted by Gasteiger charge is -2.55. The molecule has 0 amide bonds. The van der Waals surface area contributed by atoms with Crippen molar-refractivity contribution < 1.29 is 4.74 Å². The zero-order valence-electron chi connectivity index (χ0n) is 11.2. The van der Waals surface area contributed by atoms with Crippen molar-refractivity contribution in [2.45, 2.75) is 37.5 Å². The molecule has 1 aromatic rings. The molecule has 1 aliphatic carbocycles.